The monoisotopic (exact) mass is 370 g/mol. The third-order valence-electron chi connectivity index (χ3n) is 4.37. The van der Waals surface area contributed by atoms with Crippen LogP contribution in [-0.2, 0) is 9.53 Å². The van der Waals surface area contributed by atoms with Crippen LogP contribution in [0.5, 0.6) is 5.75 Å². The fourth-order valence-electron chi connectivity index (χ4n) is 2.90. The highest BCUT2D eigenvalue weighted by Crippen LogP contribution is 2.32. The predicted molar refractivity (Wildman–Crippen MR) is 104 cm³/mol. The number of benzene rings is 2. The normalized spacial score (nSPS) is 12.9. The van der Waals surface area contributed by atoms with Gasteiger partial charge in [0, 0.05) is 18.2 Å². The van der Waals surface area contributed by atoms with Crippen LogP contribution in [-0.4, -0.2) is 34.0 Å². The lowest BCUT2D eigenvalue weighted by atomic mass is 9.98. The minimum atomic E-state index is -1.20. The number of carbonyl (C=O) groups is 1. The van der Waals surface area contributed by atoms with Gasteiger partial charge in [-0.2, -0.15) is 0 Å². The minimum Gasteiger partial charge on any atom is -0.507 e. The molecule has 0 spiro atoms. The fourth-order valence-corrected chi connectivity index (χ4v) is 2.90. The molecule has 27 heavy (non-hydrogen) atoms. The SMILES string of the molecule is CCOC(=O)[C@H](O)CC(=C=CC[C@@H](O)c1ccc(O)c2ccccc12)CC. The lowest BCUT2D eigenvalue weighted by Gasteiger charge is -2.13. The summed E-state index contributed by atoms with van der Waals surface area (Å²) in [5.41, 5.74) is 4.58. The molecular formula is C22H26O5. The Morgan fingerprint density at radius 1 is 1.15 bits per heavy atom. The molecule has 0 saturated heterocycles. The van der Waals surface area contributed by atoms with Gasteiger partial charge in [-0.1, -0.05) is 37.3 Å². The Labute approximate surface area is 159 Å². The van der Waals surface area contributed by atoms with Gasteiger partial charge in [0.2, 0.25) is 0 Å². The molecule has 0 unspecified atom stereocenters. The first kappa shape index (κ1) is 20.7. The van der Waals surface area contributed by atoms with Crippen LogP contribution in [0.4, 0.5) is 0 Å². The van der Waals surface area contributed by atoms with E-state index in [1.165, 1.54) is 0 Å². The van der Waals surface area contributed by atoms with Crippen LogP contribution in [0.2, 0.25) is 0 Å². The van der Waals surface area contributed by atoms with Crippen molar-refractivity contribution in [2.75, 3.05) is 6.61 Å². The fraction of sp³-hybridized carbons (Fsp3) is 0.364. The lowest BCUT2D eigenvalue weighted by Crippen LogP contribution is -2.23. The van der Waals surface area contributed by atoms with Gasteiger partial charge in [0.05, 0.1) is 12.7 Å². The molecule has 0 bridgehead atoms. The first-order chi connectivity index (χ1) is 13.0. The second kappa shape index (κ2) is 9.93. The molecule has 0 aliphatic carbocycles. The molecule has 5 nitrogen and oxygen atoms in total. The van der Waals surface area contributed by atoms with Crippen LogP contribution in [0.15, 0.2) is 53.8 Å². The van der Waals surface area contributed by atoms with Crippen molar-refractivity contribution in [2.24, 2.45) is 0 Å². The number of phenols is 1. The maximum atomic E-state index is 11.5. The van der Waals surface area contributed by atoms with E-state index in [9.17, 15) is 20.1 Å². The number of hydrogen-bond donors (Lipinski definition) is 3. The van der Waals surface area contributed by atoms with E-state index in [4.69, 9.17) is 4.74 Å². The summed E-state index contributed by atoms with van der Waals surface area (Å²) in [6.45, 7) is 3.83. The number of aliphatic hydroxyl groups is 2. The highest BCUT2D eigenvalue weighted by molar-refractivity contribution is 5.91. The van der Waals surface area contributed by atoms with Gasteiger partial charge in [-0.25, -0.2) is 4.79 Å². The molecule has 2 aromatic rings. The number of rotatable bonds is 8. The Kier molecular flexibility index (Phi) is 7.62. The summed E-state index contributed by atoms with van der Waals surface area (Å²) in [6.07, 6.45) is 0.870. The Balaban J connectivity index is 2.13. The van der Waals surface area contributed by atoms with Gasteiger partial charge >= 0.3 is 5.97 Å². The largest absolute Gasteiger partial charge is 0.507 e. The zero-order valence-electron chi connectivity index (χ0n) is 15.7. The van der Waals surface area contributed by atoms with Crippen molar-refractivity contribution in [3.05, 3.63) is 59.3 Å². The van der Waals surface area contributed by atoms with Gasteiger partial charge < -0.3 is 20.1 Å². The Bertz CT molecular complexity index is 849. The van der Waals surface area contributed by atoms with Crippen LogP contribution in [0.3, 0.4) is 0 Å². The molecule has 0 aliphatic heterocycles. The Hall–Kier alpha value is -2.59. The average molecular weight is 370 g/mol. The molecule has 0 saturated carbocycles. The highest BCUT2D eigenvalue weighted by Gasteiger charge is 2.17. The molecule has 5 heteroatoms. The second-order valence-electron chi connectivity index (χ2n) is 6.25. The molecule has 3 N–H and O–H groups in total. The van der Waals surface area contributed by atoms with E-state index in [1.54, 1.807) is 25.1 Å². The molecule has 0 aliphatic rings. The second-order valence-corrected chi connectivity index (χ2v) is 6.25. The van der Waals surface area contributed by atoms with E-state index in [0.29, 0.717) is 18.2 Å². The van der Waals surface area contributed by atoms with Crippen LogP contribution < -0.4 is 0 Å². The van der Waals surface area contributed by atoms with Crippen molar-refractivity contribution in [1.82, 2.24) is 0 Å². The quantitative estimate of drug-likeness (QED) is 0.486. The third kappa shape index (κ3) is 5.44. The lowest BCUT2D eigenvalue weighted by molar-refractivity contribution is -0.152. The summed E-state index contributed by atoms with van der Waals surface area (Å²) in [6, 6.07) is 10.7. The van der Waals surface area contributed by atoms with E-state index >= 15 is 0 Å². The van der Waals surface area contributed by atoms with Crippen molar-refractivity contribution < 1.29 is 24.9 Å². The van der Waals surface area contributed by atoms with E-state index in [0.717, 1.165) is 16.5 Å². The number of fused-ring (bicyclic) bond motifs is 1. The van der Waals surface area contributed by atoms with E-state index < -0.39 is 18.2 Å². The van der Waals surface area contributed by atoms with Gasteiger partial charge in [-0.05, 0) is 42.0 Å². The smallest absolute Gasteiger partial charge is 0.335 e. The van der Waals surface area contributed by atoms with E-state index in [1.807, 2.05) is 31.2 Å². The molecule has 0 aromatic heterocycles. The Morgan fingerprint density at radius 2 is 1.85 bits per heavy atom. The summed E-state index contributed by atoms with van der Waals surface area (Å²) < 4.78 is 4.80. The van der Waals surface area contributed by atoms with Gasteiger partial charge in [0.25, 0.3) is 0 Å². The summed E-state index contributed by atoms with van der Waals surface area (Å²) in [5, 5.41) is 31.9. The molecule has 0 amide bonds. The highest BCUT2D eigenvalue weighted by atomic mass is 16.5. The predicted octanol–water partition coefficient (Wildman–Crippen LogP) is 3.77. The number of esters is 1. The zero-order valence-corrected chi connectivity index (χ0v) is 15.7. The van der Waals surface area contributed by atoms with E-state index in [2.05, 4.69) is 5.73 Å². The maximum absolute atomic E-state index is 11.5. The van der Waals surface area contributed by atoms with Crippen LogP contribution in [0, 0.1) is 0 Å². The topological polar surface area (TPSA) is 87.0 Å². The third-order valence-corrected chi connectivity index (χ3v) is 4.37. The number of aliphatic hydroxyl groups excluding tert-OH is 2. The van der Waals surface area contributed by atoms with Crippen molar-refractivity contribution in [2.45, 2.75) is 45.3 Å². The van der Waals surface area contributed by atoms with Gasteiger partial charge in [0.1, 0.15) is 5.75 Å². The zero-order chi connectivity index (χ0) is 19.8. The molecule has 2 atom stereocenters. The summed E-state index contributed by atoms with van der Waals surface area (Å²) in [5.74, 6) is -0.459. The first-order valence-corrected chi connectivity index (χ1v) is 9.14. The molecular weight excluding hydrogens is 344 g/mol. The molecule has 0 fully saturated rings. The molecule has 0 radical (unpaired) electrons. The van der Waals surface area contributed by atoms with Gasteiger partial charge in [-0.3, -0.25) is 0 Å². The molecule has 144 valence electrons. The standard InChI is InChI=1S/C22H26O5/c1-3-15(14-21(25)22(26)27-4-2)8-7-11-19(23)18-12-13-20(24)17-10-6-5-9-16(17)18/h5-7,9-10,12-13,19,21,23-25H,3-4,11,14H2,1-2H3/t8?,19-,21-/m1/s1. The maximum Gasteiger partial charge on any atom is 0.335 e. The molecule has 2 aromatic carbocycles. The van der Waals surface area contributed by atoms with Gasteiger partial charge in [0.15, 0.2) is 6.10 Å². The molecule has 0 heterocycles. The summed E-state index contributed by atoms with van der Waals surface area (Å²) in [7, 11) is 0. The average Bonchev–Trinajstić information content (AvgIpc) is 2.67. The molecule has 2 rings (SSSR count). The Morgan fingerprint density at radius 3 is 2.52 bits per heavy atom. The minimum absolute atomic E-state index is 0.157. The number of carbonyl (C=O) groups excluding carboxylic acids is 1. The van der Waals surface area contributed by atoms with Crippen molar-refractivity contribution >= 4 is 16.7 Å². The van der Waals surface area contributed by atoms with E-state index in [-0.39, 0.29) is 18.8 Å². The number of phenolic OH excluding ortho intramolecular Hbond substituents is 1. The van der Waals surface area contributed by atoms with Crippen molar-refractivity contribution in [3.63, 3.8) is 0 Å². The number of ether oxygens (including phenoxy) is 1. The summed E-state index contributed by atoms with van der Waals surface area (Å²) >= 11 is 0. The first-order valence-electron chi connectivity index (χ1n) is 9.14. The van der Waals surface area contributed by atoms with Crippen LogP contribution >= 0.6 is 0 Å². The van der Waals surface area contributed by atoms with Crippen molar-refractivity contribution in [3.8, 4) is 5.75 Å². The number of hydrogen-bond acceptors (Lipinski definition) is 5. The van der Waals surface area contributed by atoms with Gasteiger partial charge in [-0.15, -0.1) is 5.73 Å². The summed E-state index contributed by atoms with van der Waals surface area (Å²) in [4.78, 5) is 11.5. The van der Waals surface area contributed by atoms with Crippen LogP contribution in [0.25, 0.3) is 10.8 Å². The van der Waals surface area contributed by atoms with Crippen LogP contribution in [0.1, 0.15) is 44.8 Å². The van der Waals surface area contributed by atoms with Crippen molar-refractivity contribution in [1.29, 1.82) is 0 Å². The number of aromatic hydroxyl groups is 1.